The van der Waals surface area contributed by atoms with E-state index in [0.29, 0.717) is 11.3 Å². The molecule has 2 N–H and O–H groups in total. The minimum Gasteiger partial charge on any atom is -0.459 e. The lowest BCUT2D eigenvalue weighted by molar-refractivity contribution is 0.420. The molecule has 1 aromatic carbocycles. The van der Waals surface area contributed by atoms with Crippen LogP contribution in [0.15, 0.2) is 34.7 Å². The number of hydrogen-bond acceptors (Lipinski definition) is 2. The van der Waals surface area contributed by atoms with Gasteiger partial charge in [0.1, 0.15) is 11.3 Å². The second-order valence-corrected chi connectivity index (χ2v) is 5.51. The van der Waals surface area contributed by atoms with Crippen LogP contribution in [0.3, 0.4) is 0 Å². The highest BCUT2D eigenvalue weighted by molar-refractivity contribution is 5.77. The summed E-state index contributed by atoms with van der Waals surface area (Å²) in [6.45, 7) is 4.53. The molecule has 2 nitrogen and oxygen atoms in total. The highest BCUT2D eigenvalue weighted by atomic mass is 16.3. The molecule has 0 saturated heterocycles. The van der Waals surface area contributed by atoms with E-state index in [-0.39, 0.29) is 6.04 Å². The molecule has 2 atom stereocenters. The third kappa shape index (κ3) is 1.45. The van der Waals surface area contributed by atoms with Gasteiger partial charge in [-0.15, -0.1) is 0 Å². The molecule has 1 fully saturated rings. The van der Waals surface area contributed by atoms with Crippen LogP contribution < -0.4 is 5.73 Å². The first-order valence-corrected chi connectivity index (χ1v) is 5.82. The molecule has 0 amide bonds. The second-order valence-electron chi connectivity index (χ2n) is 5.51. The fourth-order valence-electron chi connectivity index (χ4n) is 2.49. The molecule has 0 spiro atoms. The number of para-hydroxylation sites is 1. The Balaban J connectivity index is 1.94. The Morgan fingerprint density at radius 1 is 1.38 bits per heavy atom. The van der Waals surface area contributed by atoms with E-state index < -0.39 is 0 Å². The lowest BCUT2D eigenvalue weighted by Gasteiger charge is -2.09. The monoisotopic (exact) mass is 215 g/mol. The largest absolute Gasteiger partial charge is 0.459 e. The van der Waals surface area contributed by atoms with Gasteiger partial charge in [-0.3, -0.25) is 0 Å². The summed E-state index contributed by atoms with van der Waals surface area (Å²) in [5, 5.41) is 1.14. The number of benzene rings is 1. The molecule has 0 radical (unpaired) electrons. The zero-order chi connectivity index (χ0) is 11.3. The third-order valence-corrected chi connectivity index (χ3v) is 3.80. The van der Waals surface area contributed by atoms with Crippen LogP contribution in [0.2, 0.25) is 0 Å². The maximum absolute atomic E-state index is 6.25. The van der Waals surface area contributed by atoms with Crippen molar-refractivity contribution in [3.05, 3.63) is 36.1 Å². The Bertz CT molecular complexity index is 493. The molecule has 1 aliphatic rings. The van der Waals surface area contributed by atoms with Gasteiger partial charge in [-0.05, 0) is 29.9 Å². The van der Waals surface area contributed by atoms with Crippen LogP contribution in [0.4, 0.5) is 0 Å². The summed E-state index contributed by atoms with van der Waals surface area (Å²) < 4.78 is 5.80. The Morgan fingerprint density at radius 2 is 2.06 bits per heavy atom. The van der Waals surface area contributed by atoms with Crippen molar-refractivity contribution in [2.24, 2.45) is 17.1 Å². The van der Waals surface area contributed by atoms with Gasteiger partial charge in [0.15, 0.2) is 0 Å². The molecular formula is C14H17NO. The van der Waals surface area contributed by atoms with Crippen LogP contribution in [-0.4, -0.2) is 0 Å². The van der Waals surface area contributed by atoms with Crippen molar-refractivity contribution in [3.63, 3.8) is 0 Å². The summed E-state index contributed by atoms with van der Waals surface area (Å²) in [4.78, 5) is 0. The number of nitrogens with two attached hydrogens (primary N) is 1. The molecule has 3 rings (SSSR count). The van der Waals surface area contributed by atoms with Gasteiger partial charge >= 0.3 is 0 Å². The molecule has 1 saturated carbocycles. The van der Waals surface area contributed by atoms with Crippen molar-refractivity contribution in [2.75, 3.05) is 0 Å². The predicted molar refractivity (Wildman–Crippen MR) is 65.0 cm³/mol. The molecule has 1 heterocycles. The summed E-state index contributed by atoms with van der Waals surface area (Å²) >= 11 is 0. The molecular weight excluding hydrogens is 198 g/mol. The van der Waals surface area contributed by atoms with Crippen LogP contribution in [-0.2, 0) is 0 Å². The van der Waals surface area contributed by atoms with Gasteiger partial charge in [0.05, 0.1) is 6.04 Å². The van der Waals surface area contributed by atoms with E-state index in [2.05, 4.69) is 26.0 Å². The number of furan rings is 1. The van der Waals surface area contributed by atoms with E-state index in [1.165, 1.54) is 6.42 Å². The quantitative estimate of drug-likeness (QED) is 0.833. The number of fused-ring (bicyclic) bond motifs is 1. The average molecular weight is 215 g/mol. The fraction of sp³-hybridized carbons (Fsp3) is 0.429. The molecule has 2 aromatic rings. The highest BCUT2D eigenvalue weighted by Gasteiger charge is 2.50. The van der Waals surface area contributed by atoms with Gasteiger partial charge in [0.2, 0.25) is 0 Å². The van der Waals surface area contributed by atoms with Crippen molar-refractivity contribution in [1.82, 2.24) is 0 Å². The van der Waals surface area contributed by atoms with Gasteiger partial charge in [-0.2, -0.15) is 0 Å². The SMILES string of the molecule is CC1(C)CC1C(N)c1cc2ccccc2o1. The first-order chi connectivity index (χ1) is 7.58. The molecule has 84 valence electrons. The van der Waals surface area contributed by atoms with Crippen molar-refractivity contribution < 1.29 is 4.42 Å². The van der Waals surface area contributed by atoms with Crippen LogP contribution >= 0.6 is 0 Å². The van der Waals surface area contributed by atoms with Crippen LogP contribution in [0.25, 0.3) is 11.0 Å². The summed E-state index contributed by atoms with van der Waals surface area (Å²) in [5.41, 5.74) is 7.57. The summed E-state index contributed by atoms with van der Waals surface area (Å²) in [6.07, 6.45) is 1.20. The Labute approximate surface area is 95.4 Å². The normalized spacial score (nSPS) is 24.6. The maximum atomic E-state index is 6.25. The van der Waals surface area contributed by atoms with Crippen molar-refractivity contribution in [3.8, 4) is 0 Å². The molecule has 2 unspecified atom stereocenters. The smallest absolute Gasteiger partial charge is 0.134 e. The minimum atomic E-state index is 0.0439. The van der Waals surface area contributed by atoms with Crippen LogP contribution in [0, 0.1) is 11.3 Å². The lowest BCUT2D eigenvalue weighted by Crippen LogP contribution is -2.14. The van der Waals surface area contributed by atoms with Crippen molar-refractivity contribution in [2.45, 2.75) is 26.3 Å². The van der Waals surface area contributed by atoms with Gasteiger partial charge in [-0.1, -0.05) is 32.0 Å². The summed E-state index contributed by atoms with van der Waals surface area (Å²) in [7, 11) is 0. The van der Waals surface area contributed by atoms with E-state index in [4.69, 9.17) is 10.2 Å². The molecule has 0 aliphatic heterocycles. The van der Waals surface area contributed by atoms with Gasteiger partial charge < -0.3 is 10.2 Å². The van der Waals surface area contributed by atoms with Gasteiger partial charge in [0.25, 0.3) is 0 Å². The third-order valence-electron chi connectivity index (χ3n) is 3.80. The molecule has 0 bridgehead atoms. The van der Waals surface area contributed by atoms with Gasteiger partial charge in [-0.25, -0.2) is 0 Å². The van der Waals surface area contributed by atoms with E-state index >= 15 is 0 Å². The average Bonchev–Trinajstić information content (AvgIpc) is 2.74. The minimum absolute atomic E-state index is 0.0439. The van der Waals surface area contributed by atoms with E-state index in [0.717, 1.165) is 16.7 Å². The number of hydrogen-bond donors (Lipinski definition) is 1. The lowest BCUT2D eigenvalue weighted by atomic mass is 10.0. The zero-order valence-electron chi connectivity index (χ0n) is 9.73. The van der Waals surface area contributed by atoms with Crippen LogP contribution in [0.5, 0.6) is 0 Å². The van der Waals surface area contributed by atoms with E-state index in [1.807, 2.05) is 18.2 Å². The first kappa shape index (κ1) is 9.91. The van der Waals surface area contributed by atoms with Gasteiger partial charge in [0, 0.05) is 5.39 Å². The van der Waals surface area contributed by atoms with Crippen LogP contribution in [0.1, 0.15) is 32.1 Å². The predicted octanol–water partition coefficient (Wildman–Crippen LogP) is 3.48. The molecule has 1 aromatic heterocycles. The Morgan fingerprint density at radius 3 is 2.69 bits per heavy atom. The molecule has 2 heteroatoms. The molecule has 1 aliphatic carbocycles. The summed E-state index contributed by atoms with van der Waals surface area (Å²) in [5.74, 6) is 1.49. The molecule has 16 heavy (non-hydrogen) atoms. The Kier molecular flexibility index (Phi) is 1.93. The second kappa shape index (κ2) is 3.11. The zero-order valence-corrected chi connectivity index (χ0v) is 9.73. The van der Waals surface area contributed by atoms with Crippen molar-refractivity contribution >= 4 is 11.0 Å². The van der Waals surface area contributed by atoms with E-state index in [1.54, 1.807) is 0 Å². The Hall–Kier alpha value is -1.28. The van der Waals surface area contributed by atoms with Crippen molar-refractivity contribution in [1.29, 1.82) is 0 Å². The topological polar surface area (TPSA) is 39.2 Å². The maximum Gasteiger partial charge on any atom is 0.134 e. The number of rotatable bonds is 2. The van der Waals surface area contributed by atoms with E-state index in [9.17, 15) is 0 Å². The summed E-state index contributed by atoms with van der Waals surface area (Å²) in [6, 6.07) is 10.2. The highest BCUT2D eigenvalue weighted by Crippen LogP contribution is 2.57. The fourth-order valence-corrected chi connectivity index (χ4v) is 2.49. The first-order valence-electron chi connectivity index (χ1n) is 5.82. The standard InChI is InChI=1S/C14H17NO/c1-14(2)8-10(14)13(15)12-7-9-5-3-4-6-11(9)16-12/h3-7,10,13H,8,15H2,1-2H3.